The summed E-state index contributed by atoms with van der Waals surface area (Å²) in [6.07, 6.45) is -5.57. The van der Waals surface area contributed by atoms with Gasteiger partial charge in [0.25, 0.3) is 5.91 Å². The van der Waals surface area contributed by atoms with Gasteiger partial charge in [-0.2, -0.15) is 18.3 Å². The number of carbonyl (C=O) groups excluding carboxylic acids is 2. The molecule has 0 radical (unpaired) electrons. The number of aliphatic hydroxyl groups is 1. The highest BCUT2D eigenvalue weighted by atomic mass is 19.4. The first-order chi connectivity index (χ1) is 17.0. The van der Waals surface area contributed by atoms with E-state index in [1.165, 1.54) is 21.7 Å². The first-order valence-electron chi connectivity index (χ1n) is 11.2. The average Bonchev–Trinajstić information content (AvgIpc) is 3.18. The number of morpholine rings is 1. The first-order valence-corrected chi connectivity index (χ1v) is 11.2. The molecule has 1 fully saturated rings. The number of halogens is 3. The minimum Gasteiger partial charge on any atom is -0.386 e. The second-order valence-electron chi connectivity index (χ2n) is 8.61. The summed E-state index contributed by atoms with van der Waals surface area (Å²) in [6, 6.07) is 12.0. The predicted molar refractivity (Wildman–Crippen MR) is 124 cm³/mol. The third-order valence-electron chi connectivity index (χ3n) is 5.98. The van der Waals surface area contributed by atoms with Crippen LogP contribution in [0.4, 0.5) is 18.9 Å². The Morgan fingerprint density at radius 3 is 2.44 bits per heavy atom. The number of anilines is 1. The van der Waals surface area contributed by atoms with E-state index in [1.54, 1.807) is 44.3 Å². The number of carbonyl (C=O) groups is 2. The number of nitrogens with one attached hydrogen (secondary N) is 1. The molecule has 0 aliphatic carbocycles. The fraction of sp³-hybridized carbons (Fsp3) is 0.320. The monoisotopic (exact) mass is 502 g/mol. The number of aromatic nitrogens is 2. The van der Waals surface area contributed by atoms with E-state index in [2.05, 4.69) is 10.4 Å². The summed E-state index contributed by atoms with van der Waals surface area (Å²) in [5.41, 5.74) is 1.83. The number of aryl methyl sites for hydroxylation is 2. The van der Waals surface area contributed by atoms with E-state index in [4.69, 9.17) is 4.74 Å². The molecule has 2 atom stereocenters. The fourth-order valence-corrected chi connectivity index (χ4v) is 4.09. The Bertz CT molecular complexity index is 1240. The molecule has 2 amide bonds. The molecule has 3 aromatic rings. The van der Waals surface area contributed by atoms with Gasteiger partial charge in [0.05, 0.1) is 23.9 Å². The summed E-state index contributed by atoms with van der Waals surface area (Å²) >= 11 is 0. The van der Waals surface area contributed by atoms with Gasteiger partial charge < -0.3 is 20.1 Å². The highest BCUT2D eigenvalue weighted by Gasteiger charge is 2.35. The smallest absolute Gasteiger partial charge is 0.386 e. The van der Waals surface area contributed by atoms with Crippen molar-refractivity contribution < 1.29 is 32.6 Å². The summed E-state index contributed by atoms with van der Waals surface area (Å²) < 4.78 is 45.4. The van der Waals surface area contributed by atoms with Gasteiger partial charge >= 0.3 is 6.18 Å². The van der Waals surface area contributed by atoms with E-state index >= 15 is 0 Å². The summed E-state index contributed by atoms with van der Waals surface area (Å²) in [6.45, 7) is 1.70. The van der Waals surface area contributed by atoms with Crippen molar-refractivity contribution in [2.45, 2.75) is 31.8 Å². The third-order valence-corrected chi connectivity index (χ3v) is 5.98. The summed E-state index contributed by atoms with van der Waals surface area (Å²) in [5, 5.41) is 18.0. The van der Waals surface area contributed by atoms with E-state index in [9.17, 15) is 27.9 Å². The average molecular weight is 502 g/mol. The molecule has 36 heavy (non-hydrogen) atoms. The Morgan fingerprint density at radius 1 is 1.19 bits per heavy atom. The number of alkyl halides is 3. The van der Waals surface area contributed by atoms with Crippen LogP contribution >= 0.6 is 0 Å². The lowest BCUT2D eigenvalue weighted by Gasteiger charge is -2.38. The number of rotatable bonds is 6. The van der Waals surface area contributed by atoms with Crippen molar-refractivity contribution in [3.05, 3.63) is 82.7 Å². The summed E-state index contributed by atoms with van der Waals surface area (Å²) in [4.78, 5) is 26.5. The van der Waals surface area contributed by atoms with Crippen molar-refractivity contribution in [3.63, 3.8) is 0 Å². The Hall–Kier alpha value is -3.70. The molecule has 2 aromatic carbocycles. The lowest BCUT2D eigenvalue weighted by molar-refractivity contribution is -0.155. The second-order valence-corrected chi connectivity index (χ2v) is 8.61. The quantitative estimate of drug-likeness (QED) is 0.538. The number of hydrogen-bond acceptors (Lipinski definition) is 5. The highest BCUT2D eigenvalue weighted by molar-refractivity contribution is 6.03. The molecule has 1 aliphatic rings. The van der Waals surface area contributed by atoms with Crippen LogP contribution in [-0.2, 0) is 29.3 Å². The maximum absolute atomic E-state index is 12.9. The molecular weight excluding hydrogens is 477 g/mol. The number of aliphatic hydroxyl groups excluding tert-OH is 1. The topological polar surface area (TPSA) is 96.7 Å². The minimum absolute atomic E-state index is 0.0281. The van der Waals surface area contributed by atoms with E-state index in [0.717, 1.165) is 12.1 Å². The largest absolute Gasteiger partial charge is 0.416 e. The van der Waals surface area contributed by atoms with Crippen LogP contribution < -0.4 is 5.32 Å². The van der Waals surface area contributed by atoms with Crippen molar-refractivity contribution in [2.24, 2.45) is 7.05 Å². The molecule has 0 saturated carbocycles. The highest BCUT2D eigenvalue weighted by Crippen LogP contribution is 2.30. The zero-order valence-electron chi connectivity index (χ0n) is 19.6. The lowest BCUT2D eigenvalue weighted by atomic mass is 9.99. The number of ether oxygens (including phenoxy) is 1. The van der Waals surface area contributed by atoms with Gasteiger partial charge in [-0.15, -0.1) is 0 Å². The first kappa shape index (κ1) is 25.4. The normalized spacial score (nSPS) is 17.2. The standard InChI is InChI=1S/C25H25F3N4O4/c1-15-11-20(31(2)30-15)24(35)29-19-9-5-17(6-10-19)23(34)21-13-36-14-22(33)32(21)12-16-3-7-18(8-4-16)25(26,27)28/h3-11,21,23,34H,12-14H2,1-2H3,(H,29,35)/t21-,23-/m1/s1. The fourth-order valence-electron chi connectivity index (χ4n) is 4.09. The number of nitrogens with zero attached hydrogens (tertiary/aromatic N) is 3. The molecule has 0 spiro atoms. The molecule has 1 aliphatic heterocycles. The molecule has 1 saturated heterocycles. The van der Waals surface area contributed by atoms with E-state index in [-0.39, 0.29) is 31.6 Å². The molecular formula is C25H25F3N4O4. The molecule has 190 valence electrons. The van der Waals surface area contributed by atoms with E-state index in [1.807, 2.05) is 0 Å². The van der Waals surface area contributed by atoms with Gasteiger partial charge in [0, 0.05) is 19.3 Å². The van der Waals surface area contributed by atoms with Crippen molar-refractivity contribution in [3.8, 4) is 0 Å². The lowest BCUT2D eigenvalue weighted by Crippen LogP contribution is -2.51. The van der Waals surface area contributed by atoms with Crippen LogP contribution in [-0.4, -0.2) is 50.9 Å². The molecule has 2 N–H and O–H groups in total. The van der Waals surface area contributed by atoms with Crippen molar-refractivity contribution >= 4 is 17.5 Å². The molecule has 11 heteroatoms. The Labute approximate surface area is 205 Å². The van der Waals surface area contributed by atoms with Crippen LogP contribution in [0, 0.1) is 6.92 Å². The van der Waals surface area contributed by atoms with Gasteiger partial charge in [-0.25, -0.2) is 0 Å². The number of hydrogen-bond donors (Lipinski definition) is 2. The molecule has 8 nitrogen and oxygen atoms in total. The van der Waals surface area contributed by atoms with E-state index in [0.29, 0.717) is 28.2 Å². The summed E-state index contributed by atoms with van der Waals surface area (Å²) in [7, 11) is 1.67. The van der Waals surface area contributed by atoms with Crippen LogP contribution in [0.2, 0.25) is 0 Å². The predicted octanol–water partition coefficient (Wildman–Crippen LogP) is 3.46. The summed E-state index contributed by atoms with van der Waals surface area (Å²) in [5.74, 6) is -0.707. The van der Waals surface area contributed by atoms with Crippen molar-refractivity contribution in [1.29, 1.82) is 0 Å². The van der Waals surface area contributed by atoms with Gasteiger partial charge in [0.1, 0.15) is 18.4 Å². The van der Waals surface area contributed by atoms with Crippen LogP contribution in [0.15, 0.2) is 54.6 Å². The SMILES string of the molecule is Cc1cc(C(=O)Nc2ccc([C@@H](O)[C@H]3COCC(=O)N3Cc3ccc(C(F)(F)F)cc3)cc2)n(C)n1. The number of amides is 2. The number of benzene rings is 2. The molecule has 1 aromatic heterocycles. The van der Waals surface area contributed by atoms with Crippen molar-refractivity contribution in [1.82, 2.24) is 14.7 Å². The molecule has 2 heterocycles. The van der Waals surface area contributed by atoms with Crippen molar-refractivity contribution in [2.75, 3.05) is 18.5 Å². The zero-order chi connectivity index (χ0) is 26.0. The third kappa shape index (κ3) is 5.58. The van der Waals surface area contributed by atoms with Gasteiger partial charge in [-0.1, -0.05) is 24.3 Å². The molecule has 4 rings (SSSR count). The Morgan fingerprint density at radius 2 is 1.86 bits per heavy atom. The Kier molecular flexibility index (Phi) is 7.14. The van der Waals surface area contributed by atoms with Crippen LogP contribution in [0.25, 0.3) is 0 Å². The maximum atomic E-state index is 12.9. The van der Waals surface area contributed by atoms with Gasteiger partial charge in [-0.3, -0.25) is 14.3 Å². The van der Waals surface area contributed by atoms with Gasteiger partial charge in [-0.05, 0) is 48.4 Å². The van der Waals surface area contributed by atoms with E-state index < -0.39 is 23.9 Å². The Balaban J connectivity index is 1.46. The maximum Gasteiger partial charge on any atom is 0.416 e. The van der Waals surface area contributed by atoms with Gasteiger partial charge in [0.2, 0.25) is 5.91 Å². The zero-order valence-corrected chi connectivity index (χ0v) is 19.6. The van der Waals surface area contributed by atoms with Crippen LogP contribution in [0.5, 0.6) is 0 Å². The van der Waals surface area contributed by atoms with Crippen LogP contribution in [0.1, 0.15) is 39.0 Å². The van der Waals surface area contributed by atoms with Crippen LogP contribution in [0.3, 0.4) is 0 Å². The molecule has 0 unspecified atom stereocenters. The second kappa shape index (κ2) is 10.1. The molecule has 0 bridgehead atoms. The minimum atomic E-state index is -4.45. The van der Waals surface area contributed by atoms with Gasteiger partial charge in [0.15, 0.2) is 0 Å².